The van der Waals surface area contributed by atoms with Crippen LogP contribution in [0.1, 0.15) is 25.2 Å². The number of nitrogens with one attached hydrogen (secondary N) is 1. The van der Waals surface area contributed by atoms with Crippen molar-refractivity contribution in [3.8, 4) is 17.3 Å². The molecule has 0 unspecified atom stereocenters. The Balaban J connectivity index is 2.65. The van der Waals surface area contributed by atoms with Gasteiger partial charge in [0, 0.05) is 7.05 Å². The minimum absolute atomic E-state index is 0.124. The fourth-order valence-electron chi connectivity index (χ4n) is 2.29. The molecule has 0 saturated carbocycles. The lowest BCUT2D eigenvalue weighted by molar-refractivity contribution is 0.374. The van der Waals surface area contributed by atoms with Crippen molar-refractivity contribution in [3.63, 3.8) is 0 Å². The van der Waals surface area contributed by atoms with Crippen LogP contribution in [0, 0.1) is 16.4 Å². The summed E-state index contributed by atoms with van der Waals surface area (Å²) in [6.07, 6.45) is 0.761. The highest BCUT2D eigenvalue weighted by Crippen LogP contribution is 2.30. The number of rotatable bonds is 4. The summed E-state index contributed by atoms with van der Waals surface area (Å²) in [5.41, 5.74) is 2.20. The van der Waals surface area contributed by atoms with E-state index in [0.29, 0.717) is 21.2 Å². The van der Waals surface area contributed by atoms with Gasteiger partial charge in [0.05, 0.1) is 22.1 Å². The highest BCUT2D eigenvalue weighted by molar-refractivity contribution is 14.1. The first kappa shape index (κ1) is 16.0. The van der Waals surface area contributed by atoms with Crippen LogP contribution in [0.3, 0.4) is 0 Å². The summed E-state index contributed by atoms with van der Waals surface area (Å²) < 4.78 is 7.67. The summed E-state index contributed by atoms with van der Waals surface area (Å²) >= 11 is 2.05. The number of methoxy groups -OCH3 is 1. The third kappa shape index (κ3) is 3.12. The molecule has 0 aromatic carbocycles. The van der Waals surface area contributed by atoms with Gasteiger partial charge in [0.1, 0.15) is 11.4 Å². The van der Waals surface area contributed by atoms with Gasteiger partial charge in [-0.3, -0.25) is 4.79 Å². The van der Waals surface area contributed by atoms with Crippen LogP contribution >= 0.6 is 22.6 Å². The van der Waals surface area contributed by atoms with Crippen molar-refractivity contribution in [1.82, 2.24) is 19.7 Å². The molecule has 0 spiro atoms. The van der Waals surface area contributed by atoms with E-state index in [2.05, 4.69) is 28.9 Å². The van der Waals surface area contributed by atoms with E-state index >= 15 is 0 Å². The Bertz CT molecular complexity index is 718. The van der Waals surface area contributed by atoms with Crippen molar-refractivity contribution in [3.05, 3.63) is 25.3 Å². The minimum atomic E-state index is -0.124. The Morgan fingerprint density at radius 2 is 2.10 bits per heavy atom. The van der Waals surface area contributed by atoms with Crippen molar-refractivity contribution in [2.24, 2.45) is 13.0 Å². The summed E-state index contributed by atoms with van der Waals surface area (Å²) in [5, 5.41) is 4.33. The second kappa shape index (κ2) is 6.17. The van der Waals surface area contributed by atoms with E-state index in [-0.39, 0.29) is 5.56 Å². The zero-order valence-corrected chi connectivity index (χ0v) is 15.0. The van der Waals surface area contributed by atoms with Crippen molar-refractivity contribution >= 4 is 22.6 Å². The van der Waals surface area contributed by atoms with Crippen LogP contribution in [0.4, 0.5) is 0 Å². The molecule has 2 rings (SSSR count). The van der Waals surface area contributed by atoms with E-state index < -0.39 is 0 Å². The van der Waals surface area contributed by atoms with Gasteiger partial charge in [-0.25, -0.2) is 9.67 Å². The zero-order chi connectivity index (χ0) is 15.7. The Labute approximate surface area is 137 Å². The topological polar surface area (TPSA) is 72.8 Å². The Morgan fingerprint density at radius 1 is 1.43 bits per heavy atom. The second-order valence-corrected chi connectivity index (χ2v) is 6.45. The summed E-state index contributed by atoms with van der Waals surface area (Å²) in [6, 6.07) is 0. The normalized spacial score (nSPS) is 11.2. The highest BCUT2D eigenvalue weighted by Gasteiger charge is 2.20. The summed E-state index contributed by atoms with van der Waals surface area (Å²) in [6.45, 7) is 6.08. The lowest BCUT2D eigenvalue weighted by atomic mass is 10.1. The molecular formula is C14H19IN4O2. The first-order valence-corrected chi connectivity index (χ1v) is 7.79. The molecule has 0 aliphatic carbocycles. The van der Waals surface area contributed by atoms with Crippen LogP contribution in [0.5, 0.6) is 5.88 Å². The number of ether oxygens (including phenoxy) is 1. The molecule has 7 heteroatoms. The predicted molar refractivity (Wildman–Crippen MR) is 89.6 cm³/mol. The molecule has 1 N–H and O–H groups in total. The largest absolute Gasteiger partial charge is 0.481 e. The molecule has 114 valence electrons. The highest BCUT2D eigenvalue weighted by atomic mass is 127. The maximum absolute atomic E-state index is 12.2. The molecule has 2 aromatic heterocycles. The lowest BCUT2D eigenvalue weighted by Gasteiger charge is -2.09. The molecule has 0 fully saturated rings. The van der Waals surface area contributed by atoms with E-state index in [4.69, 9.17) is 4.74 Å². The number of aryl methyl sites for hydroxylation is 2. The zero-order valence-electron chi connectivity index (χ0n) is 12.8. The Hall–Kier alpha value is -1.38. The van der Waals surface area contributed by atoms with Gasteiger partial charge in [0.15, 0.2) is 0 Å². The van der Waals surface area contributed by atoms with Crippen LogP contribution in [0.15, 0.2) is 4.79 Å². The quantitative estimate of drug-likeness (QED) is 0.797. The van der Waals surface area contributed by atoms with E-state index in [1.807, 2.05) is 29.5 Å². The van der Waals surface area contributed by atoms with Gasteiger partial charge in [-0.15, -0.1) is 0 Å². The molecule has 0 atom stereocenters. The maximum Gasteiger partial charge on any atom is 0.264 e. The van der Waals surface area contributed by atoms with Crippen molar-refractivity contribution in [1.29, 1.82) is 0 Å². The average Bonchev–Trinajstić information content (AvgIpc) is 2.68. The first-order chi connectivity index (χ1) is 9.85. The third-order valence-electron chi connectivity index (χ3n) is 3.13. The molecule has 0 bridgehead atoms. The van der Waals surface area contributed by atoms with Crippen LogP contribution < -0.4 is 10.3 Å². The predicted octanol–water partition coefficient (Wildman–Crippen LogP) is 2.29. The maximum atomic E-state index is 12.2. The van der Waals surface area contributed by atoms with Crippen molar-refractivity contribution in [2.45, 2.75) is 27.2 Å². The van der Waals surface area contributed by atoms with Gasteiger partial charge in [0.2, 0.25) is 5.88 Å². The van der Waals surface area contributed by atoms with Gasteiger partial charge in [-0.2, -0.15) is 5.10 Å². The summed E-state index contributed by atoms with van der Waals surface area (Å²) in [7, 11) is 3.38. The first-order valence-electron chi connectivity index (χ1n) is 6.71. The average molecular weight is 402 g/mol. The van der Waals surface area contributed by atoms with Gasteiger partial charge in [0.25, 0.3) is 5.56 Å². The number of aromatic nitrogens is 4. The fraction of sp³-hybridized carbons (Fsp3) is 0.500. The minimum Gasteiger partial charge on any atom is -0.481 e. The van der Waals surface area contributed by atoms with Crippen molar-refractivity contribution < 1.29 is 4.74 Å². The van der Waals surface area contributed by atoms with Crippen LogP contribution in [0.25, 0.3) is 11.4 Å². The third-order valence-corrected chi connectivity index (χ3v) is 4.25. The van der Waals surface area contributed by atoms with E-state index in [0.717, 1.165) is 23.4 Å². The van der Waals surface area contributed by atoms with Crippen LogP contribution in [0.2, 0.25) is 0 Å². The fourth-order valence-corrected chi connectivity index (χ4v) is 2.77. The van der Waals surface area contributed by atoms with Gasteiger partial charge >= 0.3 is 0 Å². The number of hydrogen-bond donors (Lipinski definition) is 1. The lowest BCUT2D eigenvalue weighted by Crippen LogP contribution is -2.17. The summed E-state index contributed by atoms with van der Waals surface area (Å²) in [4.78, 5) is 19.6. The molecule has 0 radical (unpaired) electrons. The molecular weight excluding hydrogens is 383 g/mol. The monoisotopic (exact) mass is 402 g/mol. The standard InChI is InChI=1S/C14H19IN4O2/c1-7(2)6-9-11(15)13(20)17-12(16-9)10-8(3)18-19(4)14(10)21-5/h7H,6H2,1-5H3,(H,16,17,20). The van der Waals surface area contributed by atoms with E-state index in [1.54, 1.807) is 18.8 Å². The molecule has 21 heavy (non-hydrogen) atoms. The number of halogens is 1. The number of hydrogen-bond acceptors (Lipinski definition) is 4. The summed E-state index contributed by atoms with van der Waals surface area (Å²) in [5.74, 6) is 1.53. The van der Waals surface area contributed by atoms with Crippen LogP contribution in [-0.4, -0.2) is 26.9 Å². The molecule has 6 nitrogen and oxygen atoms in total. The number of nitrogens with zero attached hydrogens (tertiary/aromatic N) is 3. The molecule has 0 amide bonds. The smallest absolute Gasteiger partial charge is 0.264 e. The number of H-pyrrole nitrogens is 1. The number of aromatic amines is 1. The molecule has 0 aliphatic heterocycles. The van der Waals surface area contributed by atoms with Gasteiger partial charge in [-0.1, -0.05) is 13.8 Å². The molecule has 0 aliphatic rings. The van der Waals surface area contributed by atoms with E-state index in [9.17, 15) is 4.79 Å². The van der Waals surface area contributed by atoms with Gasteiger partial charge < -0.3 is 9.72 Å². The Kier molecular flexibility index (Phi) is 4.70. The molecule has 0 saturated heterocycles. The van der Waals surface area contributed by atoms with Gasteiger partial charge in [-0.05, 0) is 41.9 Å². The molecule has 2 aromatic rings. The second-order valence-electron chi connectivity index (χ2n) is 5.37. The van der Waals surface area contributed by atoms with Crippen LogP contribution in [-0.2, 0) is 13.5 Å². The van der Waals surface area contributed by atoms with E-state index in [1.165, 1.54) is 0 Å². The molecule has 2 heterocycles. The Morgan fingerprint density at radius 3 is 2.67 bits per heavy atom. The van der Waals surface area contributed by atoms with Crippen molar-refractivity contribution in [2.75, 3.05) is 7.11 Å². The SMILES string of the molecule is COc1c(-c2nc(CC(C)C)c(I)c(=O)[nH]2)c(C)nn1C.